The number of nitrogens with two attached hydrogens (primary N) is 1. The molecule has 0 saturated heterocycles. The standard InChI is InChI=1S/C12H16BrNO3S/c13-11-6-9-2-4-17-12(9)10(7-11)8-18(15,16)5-1-3-14/h6-7H,1-5,8,14H2. The monoisotopic (exact) mass is 333 g/mol. The summed E-state index contributed by atoms with van der Waals surface area (Å²) in [6.45, 7) is 1.02. The molecular weight excluding hydrogens is 318 g/mol. The van der Waals surface area contributed by atoms with Crippen LogP contribution in [-0.2, 0) is 22.0 Å². The second-order valence-corrected chi connectivity index (χ2v) is 7.49. The van der Waals surface area contributed by atoms with Gasteiger partial charge in [-0.2, -0.15) is 0 Å². The highest BCUT2D eigenvalue weighted by Crippen LogP contribution is 2.34. The fourth-order valence-electron chi connectivity index (χ4n) is 2.07. The zero-order valence-corrected chi connectivity index (χ0v) is 12.4. The van der Waals surface area contributed by atoms with Crippen molar-refractivity contribution in [3.63, 3.8) is 0 Å². The van der Waals surface area contributed by atoms with Crippen molar-refractivity contribution in [2.24, 2.45) is 5.73 Å². The summed E-state index contributed by atoms with van der Waals surface area (Å²) in [5, 5.41) is 0. The summed E-state index contributed by atoms with van der Waals surface area (Å²) in [4.78, 5) is 0. The third-order valence-electron chi connectivity index (χ3n) is 2.86. The van der Waals surface area contributed by atoms with Crippen LogP contribution in [0.4, 0.5) is 0 Å². The van der Waals surface area contributed by atoms with E-state index >= 15 is 0 Å². The van der Waals surface area contributed by atoms with Crippen molar-refractivity contribution in [2.45, 2.75) is 18.6 Å². The molecule has 1 aromatic rings. The van der Waals surface area contributed by atoms with Crippen molar-refractivity contribution >= 4 is 25.8 Å². The summed E-state index contributed by atoms with van der Waals surface area (Å²) in [6.07, 6.45) is 1.34. The maximum absolute atomic E-state index is 11.9. The summed E-state index contributed by atoms with van der Waals surface area (Å²) in [7, 11) is -3.12. The van der Waals surface area contributed by atoms with Crippen molar-refractivity contribution in [3.05, 3.63) is 27.7 Å². The van der Waals surface area contributed by atoms with Crippen molar-refractivity contribution in [1.82, 2.24) is 0 Å². The van der Waals surface area contributed by atoms with E-state index in [0.29, 0.717) is 19.6 Å². The first-order valence-electron chi connectivity index (χ1n) is 5.86. The molecule has 1 aromatic carbocycles. The van der Waals surface area contributed by atoms with Gasteiger partial charge in [0.25, 0.3) is 0 Å². The van der Waals surface area contributed by atoms with Gasteiger partial charge in [0.15, 0.2) is 9.84 Å². The van der Waals surface area contributed by atoms with Gasteiger partial charge in [0.1, 0.15) is 5.75 Å². The summed E-state index contributed by atoms with van der Waals surface area (Å²) >= 11 is 3.41. The highest BCUT2D eigenvalue weighted by atomic mass is 79.9. The van der Waals surface area contributed by atoms with Crippen molar-refractivity contribution in [3.8, 4) is 5.75 Å². The van der Waals surface area contributed by atoms with Crippen LogP contribution in [0.2, 0.25) is 0 Å². The van der Waals surface area contributed by atoms with Gasteiger partial charge in [-0.25, -0.2) is 8.42 Å². The van der Waals surface area contributed by atoms with Gasteiger partial charge in [-0.3, -0.25) is 0 Å². The normalized spacial score (nSPS) is 14.3. The summed E-state index contributed by atoms with van der Waals surface area (Å²) < 4.78 is 30.3. The first-order chi connectivity index (χ1) is 8.52. The molecule has 1 heterocycles. The third-order valence-corrected chi connectivity index (χ3v) is 4.98. The Morgan fingerprint density at radius 3 is 2.89 bits per heavy atom. The molecule has 0 aromatic heterocycles. The molecule has 2 rings (SSSR count). The quantitative estimate of drug-likeness (QED) is 0.889. The van der Waals surface area contributed by atoms with E-state index < -0.39 is 9.84 Å². The molecule has 1 aliphatic rings. The fourth-order valence-corrected chi connectivity index (χ4v) is 4.06. The Morgan fingerprint density at radius 1 is 1.39 bits per heavy atom. The van der Waals surface area contributed by atoms with Gasteiger partial charge in [-0.15, -0.1) is 0 Å². The highest BCUT2D eigenvalue weighted by molar-refractivity contribution is 9.10. The van der Waals surface area contributed by atoms with Gasteiger partial charge >= 0.3 is 0 Å². The van der Waals surface area contributed by atoms with Crippen LogP contribution in [0.25, 0.3) is 0 Å². The van der Waals surface area contributed by atoms with E-state index in [0.717, 1.165) is 27.8 Å². The van der Waals surface area contributed by atoms with E-state index in [1.807, 2.05) is 12.1 Å². The van der Waals surface area contributed by atoms with Crippen LogP contribution in [0.3, 0.4) is 0 Å². The maximum atomic E-state index is 11.9. The van der Waals surface area contributed by atoms with Crippen molar-refractivity contribution in [2.75, 3.05) is 18.9 Å². The largest absolute Gasteiger partial charge is 0.493 e. The second kappa shape index (κ2) is 5.59. The maximum Gasteiger partial charge on any atom is 0.154 e. The average Bonchev–Trinajstić information content (AvgIpc) is 2.74. The molecule has 0 aliphatic carbocycles. The predicted octanol–water partition coefficient (Wildman–Crippen LogP) is 1.65. The zero-order valence-electron chi connectivity index (χ0n) is 9.99. The van der Waals surface area contributed by atoms with Gasteiger partial charge in [-0.05, 0) is 30.7 Å². The minimum absolute atomic E-state index is 0.0226. The van der Waals surface area contributed by atoms with Crippen LogP contribution in [0.5, 0.6) is 5.75 Å². The Balaban J connectivity index is 2.24. The molecule has 18 heavy (non-hydrogen) atoms. The third kappa shape index (κ3) is 3.24. The molecule has 2 N–H and O–H groups in total. The average molecular weight is 334 g/mol. The number of ether oxygens (including phenoxy) is 1. The molecule has 0 fully saturated rings. The number of hydrogen-bond donors (Lipinski definition) is 1. The van der Waals surface area contributed by atoms with Gasteiger partial charge in [0, 0.05) is 16.5 Å². The molecule has 0 amide bonds. The summed E-state index contributed by atoms with van der Waals surface area (Å²) in [6, 6.07) is 3.81. The Kier molecular flexibility index (Phi) is 4.29. The molecule has 0 bridgehead atoms. The molecule has 100 valence electrons. The van der Waals surface area contributed by atoms with Crippen LogP contribution in [0, 0.1) is 0 Å². The first kappa shape index (κ1) is 13.8. The lowest BCUT2D eigenvalue weighted by Crippen LogP contribution is -2.13. The molecule has 4 nitrogen and oxygen atoms in total. The Bertz CT molecular complexity index is 542. The van der Waals surface area contributed by atoms with E-state index in [1.165, 1.54) is 0 Å². The van der Waals surface area contributed by atoms with Crippen LogP contribution in [0.15, 0.2) is 16.6 Å². The van der Waals surface area contributed by atoms with Crippen LogP contribution in [-0.4, -0.2) is 27.3 Å². The number of benzene rings is 1. The molecule has 0 atom stereocenters. The van der Waals surface area contributed by atoms with Gasteiger partial charge in [0.05, 0.1) is 18.1 Å². The van der Waals surface area contributed by atoms with Gasteiger partial charge in [0.2, 0.25) is 0 Å². The topological polar surface area (TPSA) is 69.4 Å². The lowest BCUT2D eigenvalue weighted by Gasteiger charge is -2.09. The fraction of sp³-hybridized carbons (Fsp3) is 0.500. The minimum atomic E-state index is -3.12. The second-order valence-electron chi connectivity index (χ2n) is 4.39. The minimum Gasteiger partial charge on any atom is -0.493 e. The highest BCUT2D eigenvalue weighted by Gasteiger charge is 2.21. The Hall–Kier alpha value is -0.590. The van der Waals surface area contributed by atoms with E-state index in [4.69, 9.17) is 10.5 Å². The molecule has 0 saturated carbocycles. The van der Waals surface area contributed by atoms with Crippen LogP contribution >= 0.6 is 15.9 Å². The zero-order chi connectivity index (χ0) is 13.2. The number of rotatable bonds is 5. The van der Waals surface area contributed by atoms with Crippen molar-refractivity contribution in [1.29, 1.82) is 0 Å². The summed E-state index contributed by atoms with van der Waals surface area (Å²) in [5.41, 5.74) is 7.17. The van der Waals surface area contributed by atoms with E-state index in [-0.39, 0.29) is 11.5 Å². The number of fused-ring (bicyclic) bond motifs is 1. The van der Waals surface area contributed by atoms with Crippen LogP contribution < -0.4 is 10.5 Å². The molecular formula is C12H16BrNO3S. The Labute approximate surface area is 116 Å². The molecule has 6 heteroatoms. The molecule has 0 unspecified atom stereocenters. The first-order valence-corrected chi connectivity index (χ1v) is 8.48. The molecule has 0 spiro atoms. The van der Waals surface area contributed by atoms with E-state index in [2.05, 4.69) is 15.9 Å². The lowest BCUT2D eigenvalue weighted by molar-refractivity contribution is 0.354. The van der Waals surface area contributed by atoms with E-state index in [1.54, 1.807) is 0 Å². The molecule has 0 radical (unpaired) electrons. The van der Waals surface area contributed by atoms with Gasteiger partial charge < -0.3 is 10.5 Å². The number of hydrogen-bond acceptors (Lipinski definition) is 4. The SMILES string of the molecule is NCCCS(=O)(=O)Cc1cc(Br)cc2c1OCC2. The Morgan fingerprint density at radius 2 is 2.17 bits per heavy atom. The van der Waals surface area contributed by atoms with E-state index in [9.17, 15) is 8.42 Å². The number of sulfone groups is 1. The van der Waals surface area contributed by atoms with Crippen molar-refractivity contribution < 1.29 is 13.2 Å². The summed E-state index contributed by atoms with van der Waals surface area (Å²) in [5.74, 6) is 0.897. The van der Waals surface area contributed by atoms with Gasteiger partial charge in [-0.1, -0.05) is 15.9 Å². The lowest BCUT2D eigenvalue weighted by atomic mass is 10.1. The van der Waals surface area contributed by atoms with Crippen LogP contribution in [0.1, 0.15) is 17.5 Å². The predicted molar refractivity (Wildman–Crippen MR) is 74.5 cm³/mol. The number of halogens is 1. The smallest absolute Gasteiger partial charge is 0.154 e. The molecule has 1 aliphatic heterocycles.